The Kier molecular flexibility index (Phi) is 3.04. The Bertz CT molecular complexity index is 850. The summed E-state index contributed by atoms with van der Waals surface area (Å²) in [7, 11) is 0. The molecule has 5 nitrogen and oxygen atoms in total. The van der Waals surface area contributed by atoms with Crippen molar-refractivity contribution in [2.75, 3.05) is 5.32 Å². The highest BCUT2D eigenvalue weighted by Crippen LogP contribution is 2.49. The molecule has 2 aromatic heterocycles. The molecule has 0 bridgehead atoms. The first-order valence-corrected chi connectivity index (χ1v) is 7.26. The summed E-state index contributed by atoms with van der Waals surface area (Å²) in [5.41, 5.74) is -0.0485. The number of nitrogens with zero attached hydrogens (tertiary/aromatic N) is 1. The zero-order valence-corrected chi connectivity index (χ0v) is 12.1. The molecule has 4 rings (SSSR count). The van der Waals surface area contributed by atoms with Gasteiger partial charge in [-0.1, -0.05) is 17.3 Å². The van der Waals surface area contributed by atoms with Gasteiger partial charge in [0.1, 0.15) is 5.82 Å². The van der Waals surface area contributed by atoms with Gasteiger partial charge in [0, 0.05) is 6.07 Å². The Hall–Kier alpha value is -2.89. The van der Waals surface area contributed by atoms with Crippen molar-refractivity contribution < 1.29 is 18.1 Å². The Balaban J connectivity index is 1.59. The normalized spacial score (nSPS) is 15.3. The number of hydrogen-bond acceptors (Lipinski definition) is 4. The molecule has 116 valence electrons. The number of halogens is 1. The lowest BCUT2D eigenvalue weighted by Gasteiger charge is -2.12. The Morgan fingerprint density at radius 2 is 2.00 bits per heavy atom. The molecule has 0 spiro atoms. The molecular formula is C17H13FN2O3. The van der Waals surface area contributed by atoms with Crippen LogP contribution >= 0.6 is 0 Å². The number of aromatic nitrogens is 1. The standard InChI is InChI=1S/C17H13FN2O3/c18-11-4-1-2-5-12(11)19-16(21)17(7-8-17)15-10-14(23-20-15)13-6-3-9-22-13/h1-6,9-10H,7-8H2,(H,19,21). The van der Waals surface area contributed by atoms with Gasteiger partial charge >= 0.3 is 0 Å². The monoisotopic (exact) mass is 312 g/mol. The van der Waals surface area contributed by atoms with Crippen LogP contribution < -0.4 is 5.32 Å². The van der Waals surface area contributed by atoms with Crippen LogP contribution in [0.5, 0.6) is 0 Å². The van der Waals surface area contributed by atoms with Gasteiger partial charge in [-0.3, -0.25) is 4.79 Å². The largest absolute Gasteiger partial charge is 0.461 e. The molecule has 1 saturated carbocycles. The topological polar surface area (TPSA) is 68.3 Å². The summed E-state index contributed by atoms with van der Waals surface area (Å²) < 4.78 is 24.2. The lowest BCUT2D eigenvalue weighted by Crippen LogP contribution is -2.28. The second-order valence-electron chi connectivity index (χ2n) is 5.57. The van der Waals surface area contributed by atoms with E-state index in [-0.39, 0.29) is 11.6 Å². The highest BCUT2D eigenvalue weighted by molar-refractivity contribution is 6.01. The quantitative estimate of drug-likeness (QED) is 0.796. The van der Waals surface area contributed by atoms with E-state index in [9.17, 15) is 9.18 Å². The zero-order valence-electron chi connectivity index (χ0n) is 12.1. The molecule has 6 heteroatoms. The maximum Gasteiger partial charge on any atom is 0.236 e. The van der Waals surface area contributed by atoms with Crippen LogP contribution in [0.1, 0.15) is 18.5 Å². The van der Waals surface area contributed by atoms with Crippen molar-refractivity contribution in [2.45, 2.75) is 18.3 Å². The van der Waals surface area contributed by atoms with E-state index in [1.54, 1.807) is 30.3 Å². The molecule has 1 N–H and O–H groups in total. The van der Waals surface area contributed by atoms with Crippen LogP contribution in [-0.4, -0.2) is 11.1 Å². The average Bonchev–Trinajstić information content (AvgIpc) is 2.99. The maximum absolute atomic E-state index is 13.7. The number of carbonyl (C=O) groups is 1. The number of anilines is 1. The van der Waals surface area contributed by atoms with Crippen molar-refractivity contribution in [3.63, 3.8) is 0 Å². The van der Waals surface area contributed by atoms with E-state index in [1.807, 2.05) is 0 Å². The molecule has 0 aliphatic heterocycles. The van der Waals surface area contributed by atoms with E-state index in [0.717, 1.165) is 0 Å². The first-order chi connectivity index (χ1) is 11.2. The molecule has 23 heavy (non-hydrogen) atoms. The second-order valence-corrected chi connectivity index (χ2v) is 5.57. The van der Waals surface area contributed by atoms with Gasteiger partial charge in [-0.25, -0.2) is 4.39 Å². The van der Waals surface area contributed by atoms with Crippen LogP contribution in [0.3, 0.4) is 0 Å². The predicted molar refractivity (Wildman–Crippen MR) is 80.1 cm³/mol. The van der Waals surface area contributed by atoms with Gasteiger partial charge in [0.05, 0.1) is 23.1 Å². The second kappa shape index (κ2) is 5.08. The summed E-state index contributed by atoms with van der Waals surface area (Å²) in [5.74, 6) is 0.277. The molecule has 0 atom stereocenters. The number of benzene rings is 1. The van der Waals surface area contributed by atoms with Gasteiger partial charge in [-0.05, 0) is 37.1 Å². The fourth-order valence-corrected chi connectivity index (χ4v) is 2.56. The summed E-state index contributed by atoms with van der Waals surface area (Å²) >= 11 is 0. The SMILES string of the molecule is O=C(Nc1ccccc1F)C1(c2cc(-c3ccco3)on2)CC1. The van der Waals surface area contributed by atoms with Gasteiger partial charge < -0.3 is 14.3 Å². The molecule has 1 fully saturated rings. The number of furan rings is 1. The number of para-hydroxylation sites is 1. The van der Waals surface area contributed by atoms with Crippen LogP contribution in [0.4, 0.5) is 10.1 Å². The lowest BCUT2D eigenvalue weighted by molar-refractivity contribution is -0.118. The highest BCUT2D eigenvalue weighted by atomic mass is 19.1. The molecular weight excluding hydrogens is 299 g/mol. The van der Waals surface area contributed by atoms with Gasteiger partial charge in [0.25, 0.3) is 0 Å². The van der Waals surface area contributed by atoms with E-state index in [2.05, 4.69) is 10.5 Å². The molecule has 2 heterocycles. The van der Waals surface area contributed by atoms with Gasteiger partial charge in [0.2, 0.25) is 11.7 Å². The van der Waals surface area contributed by atoms with Gasteiger partial charge in [-0.2, -0.15) is 0 Å². The summed E-state index contributed by atoms with van der Waals surface area (Å²) in [6, 6.07) is 11.3. The Morgan fingerprint density at radius 3 is 2.70 bits per heavy atom. The minimum atomic E-state index is -0.753. The van der Waals surface area contributed by atoms with E-state index in [4.69, 9.17) is 8.94 Å². The summed E-state index contributed by atoms with van der Waals surface area (Å²) in [6.45, 7) is 0. The summed E-state index contributed by atoms with van der Waals surface area (Å²) in [4.78, 5) is 12.6. The Labute approximate surface area is 131 Å². The summed E-state index contributed by atoms with van der Waals surface area (Å²) in [6.07, 6.45) is 2.84. The van der Waals surface area contributed by atoms with E-state index >= 15 is 0 Å². The minimum Gasteiger partial charge on any atom is -0.461 e. The van der Waals surface area contributed by atoms with E-state index < -0.39 is 11.2 Å². The number of nitrogens with one attached hydrogen (secondary N) is 1. The molecule has 1 amide bonds. The van der Waals surface area contributed by atoms with E-state index in [1.165, 1.54) is 18.4 Å². The first kappa shape index (κ1) is 13.8. The zero-order chi connectivity index (χ0) is 15.9. The fraction of sp³-hybridized carbons (Fsp3) is 0.176. The first-order valence-electron chi connectivity index (χ1n) is 7.26. The lowest BCUT2D eigenvalue weighted by atomic mass is 10.0. The third-order valence-corrected chi connectivity index (χ3v) is 4.07. The van der Waals surface area contributed by atoms with Crippen molar-refractivity contribution in [3.8, 4) is 11.5 Å². The van der Waals surface area contributed by atoms with Crippen LogP contribution in [0, 0.1) is 5.82 Å². The number of amides is 1. The number of hydrogen-bond donors (Lipinski definition) is 1. The molecule has 0 saturated heterocycles. The predicted octanol–water partition coefficient (Wildman–Crippen LogP) is 3.74. The van der Waals surface area contributed by atoms with Crippen LogP contribution in [0.25, 0.3) is 11.5 Å². The molecule has 3 aromatic rings. The third-order valence-electron chi connectivity index (χ3n) is 4.07. The number of carbonyl (C=O) groups excluding carboxylic acids is 1. The van der Waals surface area contributed by atoms with Crippen molar-refractivity contribution in [2.24, 2.45) is 0 Å². The molecule has 1 aliphatic rings. The van der Waals surface area contributed by atoms with Crippen LogP contribution in [0.15, 0.2) is 57.7 Å². The highest BCUT2D eigenvalue weighted by Gasteiger charge is 2.54. The molecule has 1 aliphatic carbocycles. The average molecular weight is 312 g/mol. The Morgan fingerprint density at radius 1 is 1.17 bits per heavy atom. The van der Waals surface area contributed by atoms with Crippen molar-refractivity contribution in [1.82, 2.24) is 5.16 Å². The summed E-state index contributed by atoms with van der Waals surface area (Å²) in [5, 5.41) is 6.64. The van der Waals surface area contributed by atoms with Gasteiger partial charge in [-0.15, -0.1) is 0 Å². The van der Waals surface area contributed by atoms with Crippen molar-refractivity contribution >= 4 is 11.6 Å². The third kappa shape index (κ3) is 2.32. The maximum atomic E-state index is 13.7. The molecule has 0 radical (unpaired) electrons. The van der Waals surface area contributed by atoms with Crippen molar-refractivity contribution in [1.29, 1.82) is 0 Å². The van der Waals surface area contributed by atoms with Gasteiger partial charge in [0.15, 0.2) is 5.76 Å². The van der Waals surface area contributed by atoms with Crippen LogP contribution in [-0.2, 0) is 10.2 Å². The fourth-order valence-electron chi connectivity index (χ4n) is 2.56. The smallest absolute Gasteiger partial charge is 0.236 e. The number of rotatable bonds is 4. The van der Waals surface area contributed by atoms with Crippen LogP contribution in [0.2, 0.25) is 0 Å². The molecule has 1 aromatic carbocycles. The minimum absolute atomic E-state index is 0.165. The molecule has 0 unspecified atom stereocenters. The van der Waals surface area contributed by atoms with E-state index in [0.29, 0.717) is 30.1 Å². The van der Waals surface area contributed by atoms with Crippen molar-refractivity contribution in [3.05, 3.63) is 60.2 Å².